The lowest BCUT2D eigenvalue weighted by Crippen LogP contribution is -2.55. The van der Waals surface area contributed by atoms with Crippen LogP contribution in [0.15, 0.2) is 88.9 Å². The lowest BCUT2D eigenvalue weighted by Gasteiger charge is -2.44. The maximum Gasteiger partial charge on any atom is 0.232 e. The Labute approximate surface area is 245 Å². The second kappa shape index (κ2) is 11.9. The highest BCUT2D eigenvalue weighted by atomic mass is 32.2. The molecule has 0 unspecified atom stereocenters. The van der Waals surface area contributed by atoms with Crippen molar-refractivity contribution in [3.05, 3.63) is 79.1 Å². The van der Waals surface area contributed by atoms with Gasteiger partial charge in [-0.05, 0) is 49.2 Å². The number of methoxy groups -OCH3 is 1. The number of nitrogens with zero attached hydrogens (tertiary/aromatic N) is 4. The summed E-state index contributed by atoms with van der Waals surface area (Å²) in [5, 5.41) is 9.71. The summed E-state index contributed by atoms with van der Waals surface area (Å²) in [7, 11) is -2.13. The summed E-state index contributed by atoms with van der Waals surface area (Å²) >= 11 is 0. The average molecular weight is 588 g/mol. The highest BCUT2D eigenvalue weighted by molar-refractivity contribution is 7.91. The number of rotatable bonds is 8. The molecule has 2 fully saturated rings. The number of benzene rings is 3. The Bertz CT molecular complexity index is 1640. The van der Waals surface area contributed by atoms with Crippen LogP contribution in [0.5, 0.6) is 5.75 Å². The topological polar surface area (TPSA) is 131 Å². The third-order valence-corrected chi connectivity index (χ3v) is 9.48. The summed E-state index contributed by atoms with van der Waals surface area (Å²) in [6.07, 6.45) is 3.30. The molecule has 0 radical (unpaired) electrons. The third-order valence-electron chi connectivity index (χ3n) is 7.65. The van der Waals surface area contributed by atoms with Crippen LogP contribution in [0.1, 0.15) is 12.8 Å². The number of anilines is 5. The van der Waals surface area contributed by atoms with Crippen molar-refractivity contribution in [2.75, 3.05) is 55.4 Å². The number of ether oxygens (including phenoxy) is 2. The summed E-state index contributed by atoms with van der Waals surface area (Å²) < 4.78 is 38.5. The monoisotopic (exact) mass is 587 g/mol. The lowest BCUT2D eigenvalue weighted by molar-refractivity contribution is -0.0799. The van der Waals surface area contributed by atoms with Crippen molar-refractivity contribution in [3.8, 4) is 5.75 Å². The molecule has 0 amide bonds. The zero-order valence-corrected chi connectivity index (χ0v) is 24.1. The van der Waals surface area contributed by atoms with Gasteiger partial charge in [-0.25, -0.2) is 18.4 Å². The van der Waals surface area contributed by atoms with Crippen molar-refractivity contribution in [1.29, 1.82) is 0 Å². The van der Waals surface area contributed by atoms with Crippen molar-refractivity contribution < 1.29 is 17.9 Å². The first-order valence-electron chi connectivity index (χ1n) is 13.9. The molecule has 0 saturated carbocycles. The van der Waals surface area contributed by atoms with Crippen molar-refractivity contribution in [2.45, 2.75) is 28.2 Å². The molecular weight excluding hydrogens is 554 g/mol. The molecule has 3 N–H and O–H groups in total. The summed E-state index contributed by atoms with van der Waals surface area (Å²) in [5.74, 6) is 1.13. The summed E-state index contributed by atoms with van der Waals surface area (Å²) in [6.45, 7) is 4.40. The van der Waals surface area contributed by atoms with Gasteiger partial charge >= 0.3 is 0 Å². The molecule has 4 aromatic rings. The fraction of sp³-hybridized carbons (Fsp3) is 0.300. The molecule has 1 aromatic heterocycles. The van der Waals surface area contributed by atoms with Gasteiger partial charge in [0.1, 0.15) is 12.1 Å². The molecule has 11 nitrogen and oxygen atoms in total. The van der Waals surface area contributed by atoms with Gasteiger partial charge in [-0.3, -0.25) is 0 Å². The molecule has 0 bridgehead atoms. The fourth-order valence-electron chi connectivity index (χ4n) is 5.37. The average Bonchev–Trinajstić information content (AvgIpc) is 3.03. The SMILES string of the molecule is COc1cc(N2CCC3(CC2)CNCCO3)ccc1Nc1ncnc(Nc2ccccc2S(=O)(=O)c2ccccc2)n1. The minimum absolute atomic E-state index is 0.0585. The molecule has 218 valence electrons. The molecular formula is C30H33N7O4S. The first-order chi connectivity index (χ1) is 20.5. The molecule has 12 heteroatoms. The molecule has 1 spiro atoms. The molecule has 0 aliphatic carbocycles. The van der Waals surface area contributed by atoms with Crippen molar-refractivity contribution in [3.63, 3.8) is 0 Å². The van der Waals surface area contributed by atoms with Crippen molar-refractivity contribution >= 4 is 38.8 Å². The zero-order valence-electron chi connectivity index (χ0n) is 23.3. The van der Waals surface area contributed by atoms with Crippen molar-refractivity contribution in [2.24, 2.45) is 0 Å². The van der Waals surface area contributed by atoms with Gasteiger partial charge in [-0.2, -0.15) is 4.98 Å². The van der Waals surface area contributed by atoms with Gasteiger partial charge < -0.3 is 30.3 Å². The second-order valence-corrected chi connectivity index (χ2v) is 12.2. The Kier molecular flexibility index (Phi) is 7.92. The number of piperidine rings is 1. The Balaban J connectivity index is 1.17. The van der Waals surface area contributed by atoms with Crippen LogP contribution in [0.4, 0.5) is 29.0 Å². The van der Waals surface area contributed by atoms with E-state index in [2.05, 4.69) is 35.8 Å². The highest BCUT2D eigenvalue weighted by Gasteiger charge is 2.37. The smallest absolute Gasteiger partial charge is 0.232 e. The number of aromatic nitrogens is 3. The van der Waals surface area contributed by atoms with Crippen LogP contribution in [0.25, 0.3) is 0 Å². The Morgan fingerprint density at radius 2 is 1.64 bits per heavy atom. The van der Waals surface area contributed by atoms with Gasteiger partial charge in [-0.1, -0.05) is 30.3 Å². The van der Waals surface area contributed by atoms with E-state index < -0.39 is 9.84 Å². The number of para-hydroxylation sites is 1. The molecule has 42 heavy (non-hydrogen) atoms. The van der Waals surface area contributed by atoms with Crippen LogP contribution in [-0.2, 0) is 14.6 Å². The van der Waals surface area contributed by atoms with E-state index in [1.807, 2.05) is 18.2 Å². The van der Waals surface area contributed by atoms with Crippen LogP contribution in [0.2, 0.25) is 0 Å². The van der Waals surface area contributed by atoms with Gasteiger partial charge in [0.15, 0.2) is 0 Å². The van der Waals surface area contributed by atoms with Crippen LogP contribution in [0, 0.1) is 0 Å². The first kappa shape index (κ1) is 27.9. The Morgan fingerprint density at radius 3 is 2.36 bits per heavy atom. The molecule has 2 saturated heterocycles. The molecule has 2 aliphatic heterocycles. The number of nitrogens with one attached hydrogen (secondary N) is 3. The van der Waals surface area contributed by atoms with E-state index in [4.69, 9.17) is 9.47 Å². The lowest BCUT2D eigenvalue weighted by atomic mass is 9.90. The summed E-state index contributed by atoms with van der Waals surface area (Å²) in [4.78, 5) is 15.6. The van der Waals surface area contributed by atoms with Gasteiger partial charge in [0.2, 0.25) is 21.7 Å². The molecule has 2 aliphatic rings. The van der Waals surface area contributed by atoms with Gasteiger partial charge in [0.05, 0.1) is 40.5 Å². The molecule has 3 aromatic carbocycles. The quantitative estimate of drug-likeness (QED) is 0.275. The van der Waals surface area contributed by atoms with E-state index in [9.17, 15) is 8.42 Å². The third kappa shape index (κ3) is 5.87. The number of hydrogen-bond acceptors (Lipinski definition) is 11. The van der Waals surface area contributed by atoms with Gasteiger partial charge in [0, 0.05) is 37.9 Å². The van der Waals surface area contributed by atoms with E-state index >= 15 is 0 Å². The predicted octanol–water partition coefficient (Wildman–Crippen LogP) is 4.16. The second-order valence-electron chi connectivity index (χ2n) is 10.3. The van der Waals surface area contributed by atoms with Crippen LogP contribution < -0.4 is 25.6 Å². The minimum Gasteiger partial charge on any atom is -0.494 e. The number of hydrogen-bond donors (Lipinski definition) is 3. The largest absolute Gasteiger partial charge is 0.494 e. The number of morpholine rings is 1. The zero-order chi connectivity index (χ0) is 29.0. The van der Waals surface area contributed by atoms with E-state index in [1.54, 1.807) is 61.7 Å². The number of sulfone groups is 1. The van der Waals surface area contributed by atoms with E-state index in [-0.39, 0.29) is 27.3 Å². The van der Waals surface area contributed by atoms with E-state index in [0.717, 1.165) is 51.3 Å². The van der Waals surface area contributed by atoms with Crippen LogP contribution in [-0.4, -0.2) is 68.9 Å². The Hall–Kier alpha value is -4.26. The highest BCUT2D eigenvalue weighted by Crippen LogP contribution is 2.35. The standard InChI is InChI=1S/C30H33N7O4S/c1-40-26-19-22(37-16-13-30(14-17-37)20-31-15-18-41-30)11-12-24(26)34-28-32-21-33-29(36-28)35-25-9-5-6-10-27(25)42(38,39)23-7-3-2-4-8-23/h2-12,19,21,31H,13-18,20H2,1H3,(H2,32,33,34,35,36). The van der Waals surface area contributed by atoms with Crippen LogP contribution >= 0.6 is 0 Å². The summed E-state index contributed by atoms with van der Waals surface area (Å²) in [6, 6.07) is 21.0. The molecule has 3 heterocycles. The summed E-state index contributed by atoms with van der Waals surface area (Å²) in [5.41, 5.74) is 2.07. The van der Waals surface area contributed by atoms with E-state index in [1.165, 1.54) is 6.33 Å². The molecule has 6 rings (SSSR count). The van der Waals surface area contributed by atoms with Gasteiger partial charge in [0.25, 0.3) is 0 Å². The van der Waals surface area contributed by atoms with Crippen LogP contribution in [0.3, 0.4) is 0 Å². The fourth-order valence-corrected chi connectivity index (χ4v) is 6.80. The van der Waals surface area contributed by atoms with Crippen molar-refractivity contribution in [1.82, 2.24) is 20.3 Å². The van der Waals surface area contributed by atoms with E-state index in [0.29, 0.717) is 17.1 Å². The van der Waals surface area contributed by atoms with Gasteiger partial charge in [-0.15, -0.1) is 0 Å². The minimum atomic E-state index is -3.76. The maximum absolute atomic E-state index is 13.3. The predicted molar refractivity (Wildman–Crippen MR) is 161 cm³/mol. The molecule has 0 atom stereocenters. The normalized spacial score (nSPS) is 16.6. The first-order valence-corrected chi connectivity index (χ1v) is 15.3. The Morgan fingerprint density at radius 1 is 0.929 bits per heavy atom. The maximum atomic E-state index is 13.3.